The molecule has 1 unspecified atom stereocenters. The SMILES string of the molecule is CCCCC=C1CCCC1N. The fourth-order valence-electron chi connectivity index (χ4n) is 1.64. The van der Waals surface area contributed by atoms with E-state index in [1.54, 1.807) is 0 Å². The van der Waals surface area contributed by atoms with Crippen molar-refractivity contribution in [3.05, 3.63) is 11.6 Å². The van der Waals surface area contributed by atoms with Crippen LogP contribution in [0.2, 0.25) is 0 Å². The van der Waals surface area contributed by atoms with Crippen molar-refractivity contribution in [1.82, 2.24) is 0 Å². The topological polar surface area (TPSA) is 26.0 Å². The lowest BCUT2D eigenvalue weighted by Crippen LogP contribution is -2.16. The molecule has 0 bridgehead atoms. The molecule has 0 aromatic heterocycles. The summed E-state index contributed by atoms with van der Waals surface area (Å²) in [5.41, 5.74) is 7.41. The maximum absolute atomic E-state index is 5.89. The van der Waals surface area contributed by atoms with E-state index in [0.717, 1.165) is 0 Å². The first-order chi connectivity index (χ1) is 5.34. The quantitative estimate of drug-likeness (QED) is 0.489. The number of nitrogens with two attached hydrogens (primary N) is 1. The molecule has 0 spiro atoms. The lowest BCUT2D eigenvalue weighted by atomic mass is 10.1. The van der Waals surface area contributed by atoms with Crippen LogP contribution >= 0.6 is 0 Å². The summed E-state index contributed by atoms with van der Waals surface area (Å²) in [5.74, 6) is 0. The van der Waals surface area contributed by atoms with Gasteiger partial charge in [-0.05, 0) is 25.7 Å². The molecule has 0 radical (unpaired) electrons. The second-order valence-corrected chi connectivity index (χ2v) is 3.42. The molecule has 1 aliphatic carbocycles. The molecule has 1 heteroatoms. The molecule has 1 atom stereocenters. The van der Waals surface area contributed by atoms with Crippen molar-refractivity contribution in [2.24, 2.45) is 5.73 Å². The van der Waals surface area contributed by atoms with Gasteiger partial charge < -0.3 is 5.73 Å². The van der Waals surface area contributed by atoms with Crippen LogP contribution in [0.15, 0.2) is 11.6 Å². The summed E-state index contributed by atoms with van der Waals surface area (Å²) in [6.45, 7) is 2.23. The van der Waals surface area contributed by atoms with E-state index in [1.807, 2.05) is 0 Å². The van der Waals surface area contributed by atoms with Crippen LogP contribution in [0.1, 0.15) is 45.4 Å². The van der Waals surface area contributed by atoms with Gasteiger partial charge in [0.2, 0.25) is 0 Å². The Kier molecular flexibility index (Phi) is 3.64. The summed E-state index contributed by atoms with van der Waals surface area (Å²) in [6, 6.07) is 0.395. The second-order valence-electron chi connectivity index (χ2n) is 3.42. The molecule has 0 heterocycles. The van der Waals surface area contributed by atoms with Crippen molar-refractivity contribution in [1.29, 1.82) is 0 Å². The standard InChI is InChI=1S/C10H19N/c1-2-3-4-6-9-7-5-8-10(9)11/h6,10H,2-5,7-8,11H2,1H3. The zero-order valence-electron chi connectivity index (χ0n) is 7.47. The van der Waals surface area contributed by atoms with E-state index in [-0.39, 0.29) is 0 Å². The molecule has 0 aromatic carbocycles. The highest BCUT2D eigenvalue weighted by Gasteiger charge is 2.15. The highest BCUT2D eigenvalue weighted by molar-refractivity contribution is 5.14. The highest BCUT2D eigenvalue weighted by atomic mass is 14.6. The normalized spacial score (nSPS) is 28.2. The largest absolute Gasteiger partial charge is 0.324 e. The van der Waals surface area contributed by atoms with Gasteiger partial charge in [0.05, 0.1) is 0 Å². The minimum Gasteiger partial charge on any atom is -0.324 e. The Morgan fingerprint density at radius 1 is 1.64 bits per heavy atom. The molecule has 1 aliphatic rings. The molecule has 0 amide bonds. The van der Waals surface area contributed by atoms with Crippen molar-refractivity contribution in [2.45, 2.75) is 51.5 Å². The smallest absolute Gasteiger partial charge is 0.0253 e. The zero-order chi connectivity index (χ0) is 8.10. The van der Waals surface area contributed by atoms with Crippen LogP contribution in [0.4, 0.5) is 0 Å². The first kappa shape index (κ1) is 8.79. The van der Waals surface area contributed by atoms with Gasteiger partial charge in [-0.1, -0.05) is 31.4 Å². The molecule has 1 saturated carbocycles. The van der Waals surface area contributed by atoms with Crippen molar-refractivity contribution >= 4 is 0 Å². The van der Waals surface area contributed by atoms with Crippen LogP contribution < -0.4 is 5.73 Å². The van der Waals surface area contributed by atoms with Gasteiger partial charge in [-0.2, -0.15) is 0 Å². The van der Waals surface area contributed by atoms with E-state index in [1.165, 1.54) is 44.1 Å². The molecule has 1 nitrogen and oxygen atoms in total. The number of unbranched alkanes of at least 4 members (excludes halogenated alkanes) is 2. The highest BCUT2D eigenvalue weighted by Crippen LogP contribution is 2.23. The van der Waals surface area contributed by atoms with Gasteiger partial charge >= 0.3 is 0 Å². The molecule has 11 heavy (non-hydrogen) atoms. The predicted molar refractivity (Wildman–Crippen MR) is 49.4 cm³/mol. The average Bonchev–Trinajstić information content (AvgIpc) is 2.37. The molecule has 1 rings (SSSR count). The lowest BCUT2D eigenvalue weighted by molar-refractivity contribution is 0.764. The second kappa shape index (κ2) is 4.55. The summed E-state index contributed by atoms with van der Waals surface area (Å²) in [4.78, 5) is 0. The van der Waals surface area contributed by atoms with Gasteiger partial charge in [-0.15, -0.1) is 0 Å². The Balaban J connectivity index is 2.27. The van der Waals surface area contributed by atoms with Gasteiger partial charge in [-0.25, -0.2) is 0 Å². The van der Waals surface area contributed by atoms with Crippen molar-refractivity contribution < 1.29 is 0 Å². The zero-order valence-corrected chi connectivity index (χ0v) is 7.47. The van der Waals surface area contributed by atoms with Gasteiger partial charge in [0.1, 0.15) is 0 Å². The number of hydrogen-bond donors (Lipinski definition) is 1. The minimum absolute atomic E-state index is 0.395. The fourth-order valence-corrected chi connectivity index (χ4v) is 1.64. The van der Waals surface area contributed by atoms with Crippen LogP contribution in [-0.2, 0) is 0 Å². The predicted octanol–water partition coefficient (Wildman–Crippen LogP) is 2.61. The molecule has 0 aromatic rings. The molecule has 1 fully saturated rings. The third-order valence-corrected chi connectivity index (χ3v) is 2.42. The van der Waals surface area contributed by atoms with E-state index in [2.05, 4.69) is 13.0 Å². The Morgan fingerprint density at radius 2 is 2.45 bits per heavy atom. The van der Waals surface area contributed by atoms with E-state index < -0.39 is 0 Å². The first-order valence-corrected chi connectivity index (χ1v) is 4.79. The van der Waals surface area contributed by atoms with Gasteiger partial charge in [0.15, 0.2) is 0 Å². The van der Waals surface area contributed by atoms with E-state index in [4.69, 9.17) is 5.73 Å². The van der Waals surface area contributed by atoms with Gasteiger partial charge in [-0.3, -0.25) is 0 Å². The monoisotopic (exact) mass is 153 g/mol. The first-order valence-electron chi connectivity index (χ1n) is 4.79. The molecule has 2 N–H and O–H groups in total. The maximum atomic E-state index is 5.89. The molecular weight excluding hydrogens is 134 g/mol. The van der Waals surface area contributed by atoms with Crippen molar-refractivity contribution in [2.75, 3.05) is 0 Å². The van der Waals surface area contributed by atoms with Crippen LogP contribution in [-0.4, -0.2) is 6.04 Å². The van der Waals surface area contributed by atoms with Crippen molar-refractivity contribution in [3.63, 3.8) is 0 Å². The van der Waals surface area contributed by atoms with E-state index in [0.29, 0.717) is 6.04 Å². The lowest BCUT2D eigenvalue weighted by Gasteiger charge is -2.03. The third kappa shape index (κ3) is 2.66. The maximum Gasteiger partial charge on any atom is 0.0253 e. The average molecular weight is 153 g/mol. The van der Waals surface area contributed by atoms with E-state index >= 15 is 0 Å². The summed E-state index contributed by atoms with van der Waals surface area (Å²) < 4.78 is 0. The molecule has 0 saturated heterocycles. The third-order valence-electron chi connectivity index (χ3n) is 2.42. The van der Waals surface area contributed by atoms with Crippen LogP contribution in [0.3, 0.4) is 0 Å². The van der Waals surface area contributed by atoms with Gasteiger partial charge in [0, 0.05) is 6.04 Å². The van der Waals surface area contributed by atoms with Crippen LogP contribution in [0.5, 0.6) is 0 Å². The molecule has 0 aliphatic heterocycles. The van der Waals surface area contributed by atoms with E-state index in [9.17, 15) is 0 Å². The Bertz CT molecular complexity index is 138. The Labute approximate surface area is 69.7 Å². The Morgan fingerprint density at radius 3 is 3.00 bits per heavy atom. The summed E-state index contributed by atoms with van der Waals surface area (Å²) in [6.07, 6.45) is 9.97. The summed E-state index contributed by atoms with van der Waals surface area (Å²) >= 11 is 0. The molecular formula is C10H19N. The molecule has 64 valence electrons. The minimum atomic E-state index is 0.395. The van der Waals surface area contributed by atoms with Crippen LogP contribution in [0.25, 0.3) is 0 Å². The summed E-state index contributed by atoms with van der Waals surface area (Å²) in [5, 5.41) is 0. The number of hydrogen-bond acceptors (Lipinski definition) is 1. The fraction of sp³-hybridized carbons (Fsp3) is 0.800. The summed E-state index contributed by atoms with van der Waals surface area (Å²) in [7, 11) is 0. The van der Waals surface area contributed by atoms with Gasteiger partial charge in [0.25, 0.3) is 0 Å². The Hall–Kier alpha value is -0.300. The van der Waals surface area contributed by atoms with Crippen LogP contribution in [0, 0.1) is 0 Å². The number of rotatable bonds is 3. The van der Waals surface area contributed by atoms with Crippen molar-refractivity contribution in [3.8, 4) is 0 Å². The number of allylic oxidation sites excluding steroid dienone is 1.